The predicted octanol–water partition coefficient (Wildman–Crippen LogP) is 1.98. The van der Waals surface area contributed by atoms with Crippen LogP contribution in [0.2, 0.25) is 0 Å². The van der Waals surface area contributed by atoms with Gasteiger partial charge in [-0.05, 0) is 45.1 Å². The SMILES string of the molecule is CCC1(CC)CC(NC(=O)[C@H]2CCCCN2)CCO1. The van der Waals surface area contributed by atoms with Crippen LogP contribution in [0.5, 0.6) is 0 Å². The fourth-order valence-corrected chi connectivity index (χ4v) is 3.27. The van der Waals surface area contributed by atoms with Gasteiger partial charge in [0.2, 0.25) is 5.91 Å². The topological polar surface area (TPSA) is 50.4 Å². The van der Waals surface area contributed by atoms with Crippen molar-refractivity contribution in [3.05, 3.63) is 0 Å². The highest BCUT2D eigenvalue weighted by Crippen LogP contribution is 2.31. The summed E-state index contributed by atoms with van der Waals surface area (Å²) in [5, 5.41) is 6.54. The summed E-state index contributed by atoms with van der Waals surface area (Å²) in [6.07, 6.45) is 7.28. The van der Waals surface area contributed by atoms with E-state index in [0.717, 1.165) is 51.7 Å². The van der Waals surface area contributed by atoms with Gasteiger partial charge in [0.05, 0.1) is 11.6 Å². The lowest BCUT2D eigenvalue weighted by Gasteiger charge is -2.40. The Labute approximate surface area is 116 Å². The summed E-state index contributed by atoms with van der Waals surface area (Å²) in [5.74, 6) is 0.188. The van der Waals surface area contributed by atoms with E-state index in [-0.39, 0.29) is 23.6 Å². The van der Waals surface area contributed by atoms with Crippen molar-refractivity contribution in [2.45, 2.75) is 76.5 Å². The van der Waals surface area contributed by atoms with E-state index in [0.29, 0.717) is 0 Å². The van der Waals surface area contributed by atoms with Gasteiger partial charge in [0.25, 0.3) is 0 Å². The summed E-state index contributed by atoms with van der Waals surface area (Å²) >= 11 is 0. The van der Waals surface area contributed by atoms with Gasteiger partial charge in [-0.3, -0.25) is 4.79 Å². The molecule has 0 aromatic rings. The third-order valence-corrected chi connectivity index (χ3v) is 4.75. The molecule has 0 saturated carbocycles. The minimum Gasteiger partial charge on any atom is -0.375 e. The first-order valence-corrected chi connectivity index (χ1v) is 7.87. The number of nitrogens with one attached hydrogen (secondary N) is 2. The van der Waals surface area contributed by atoms with Crippen LogP contribution in [0.15, 0.2) is 0 Å². The molecule has 0 radical (unpaired) electrons. The van der Waals surface area contributed by atoms with Gasteiger partial charge in [0.1, 0.15) is 0 Å². The van der Waals surface area contributed by atoms with Gasteiger partial charge in [-0.1, -0.05) is 20.3 Å². The minimum absolute atomic E-state index is 0.0177. The van der Waals surface area contributed by atoms with E-state index >= 15 is 0 Å². The lowest BCUT2D eigenvalue weighted by molar-refractivity contribution is -0.128. The van der Waals surface area contributed by atoms with E-state index in [4.69, 9.17) is 4.74 Å². The van der Waals surface area contributed by atoms with Crippen LogP contribution >= 0.6 is 0 Å². The molecule has 110 valence electrons. The molecule has 2 aliphatic heterocycles. The number of rotatable bonds is 4. The molecule has 1 unspecified atom stereocenters. The fraction of sp³-hybridized carbons (Fsp3) is 0.933. The largest absolute Gasteiger partial charge is 0.375 e. The molecular formula is C15H28N2O2. The number of hydrogen-bond acceptors (Lipinski definition) is 3. The number of piperidine rings is 1. The van der Waals surface area contributed by atoms with E-state index in [1.165, 1.54) is 6.42 Å². The Bertz CT molecular complexity index is 297. The van der Waals surface area contributed by atoms with E-state index in [9.17, 15) is 4.79 Å². The second-order valence-corrected chi connectivity index (χ2v) is 5.94. The predicted molar refractivity (Wildman–Crippen MR) is 76.1 cm³/mol. The van der Waals surface area contributed by atoms with Crippen molar-refractivity contribution in [1.29, 1.82) is 0 Å². The summed E-state index contributed by atoms with van der Waals surface area (Å²) < 4.78 is 5.95. The molecule has 2 aliphatic rings. The first-order chi connectivity index (χ1) is 9.19. The van der Waals surface area contributed by atoms with Crippen molar-refractivity contribution in [3.8, 4) is 0 Å². The van der Waals surface area contributed by atoms with Crippen LogP contribution in [0, 0.1) is 0 Å². The molecule has 4 heteroatoms. The average molecular weight is 268 g/mol. The van der Waals surface area contributed by atoms with Crippen LogP contribution in [-0.4, -0.2) is 36.7 Å². The Kier molecular flexibility index (Phi) is 5.22. The molecule has 2 atom stereocenters. The van der Waals surface area contributed by atoms with Gasteiger partial charge < -0.3 is 15.4 Å². The first kappa shape index (κ1) is 14.8. The molecule has 0 bridgehead atoms. The monoisotopic (exact) mass is 268 g/mol. The Morgan fingerprint density at radius 3 is 2.74 bits per heavy atom. The minimum atomic E-state index is -0.0177. The van der Waals surface area contributed by atoms with Gasteiger partial charge in [-0.25, -0.2) is 0 Å². The van der Waals surface area contributed by atoms with E-state index in [2.05, 4.69) is 24.5 Å². The van der Waals surface area contributed by atoms with Gasteiger partial charge >= 0.3 is 0 Å². The summed E-state index contributed by atoms with van der Waals surface area (Å²) in [6.45, 7) is 6.09. The van der Waals surface area contributed by atoms with Crippen molar-refractivity contribution < 1.29 is 9.53 Å². The van der Waals surface area contributed by atoms with E-state index in [1.54, 1.807) is 0 Å². The zero-order valence-electron chi connectivity index (χ0n) is 12.3. The zero-order chi connectivity index (χ0) is 13.7. The maximum atomic E-state index is 12.2. The number of amides is 1. The highest BCUT2D eigenvalue weighted by atomic mass is 16.5. The third-order valence-electron chi connectivity index (χ3n) is 4.75. The average Bonchev–Trinajstić information content (AvgIpc) is 2.48. The van der Waals surface area contributed by atoms with Crippen LogP contribution in [0.3, 0.4) is 0 Å². The van der Waals surface area contributed by atoms with Gasteiger partial charge in [-0.15, -0.1) is 0 Å². The van der Waals surface area contributed by atoms with Crippen molar-refractivity contribution in [2.75, 3.05) is 13.2 Å². The molecule has 0 spiro atoms. The Morgan fingerprint density at radius 1 is 1.32 bits per heavy atom. The van der Waals surface area contributed by atoms with Crippen LogP contribution < -0.4 is 10.6 Å². The van der Waals surface area contributed by atoms with E-state index < -0.39 is 0 Å². The van der Waals surface area contributed by atoms with Gasteiger partial charge in [-0.2, -0.15) is 0 Å². The van der Waals surface area contributed by atoms with Gasteiger partial charge in [0, 0.05) is 12.6 Å². The second-order valence-electron chi connectivity index (χ2n) is 5.94. The van der Waals surface area contributed by atoms with Crippen molar-refractivity contribution >= 4 is 5.91 Å². The highest BCUT2D eigenvalue weighted by Gasteiger charge is 2.35. The number of ether oxygens (including phenoxy) is 1. The molecule has 0 aromatic heterocycles. The smallest absolute Gasteiger partial charge is 0.237 e. The highest BCUT2D eigenvalue weighted by molar-refractivity contribution is 5.82. The van der Waals surface area contributed by atoms with Crippen molar-refractivity contribution in [1.82, 2.24) is 10.6 Å². The molecule has 2 N–H and O–H groups in total. The van der Waals surface area contributed by atoms with Crippen LogP contribution in [0.25, 0.3) is 0 Å². The quantitative estimate of drug-likeness (QED) is 0.820. The molecular weight excluding hydrogens is 240 g/mol. The lowest BCUT2D eigenvalue weighted by atomic mass is 9.85. The molecule has 2 heterocycles. The molecule has 4 nitrogen and oxygen atoms in total. The zero-order valence-corrected chi connectivity index (χ0v) is 12.3. The first-order valence-electron chi connectivity index (χ1n) is 7.87. The molecule has 2 fully saturated rings. The molecule has 1 amide bonds. The number of carbonyl (C=O) groups is 1. The Hall–Kier alpha value is -0.610. The summed E-state index contributed by atoms with van der Waals surface area (Å²) in [4.78, 5) is 12.2. The van der Waals surface area contributed by atoms with Crippen molar-refractivity contribution in [3.63, 3.8) is 0 Å². The summed E-state index contributed by atoms with van der Waals surface area (Å²) in [7, 11) is 0. The number of carbonyl (C=O) groups excluding carboxylic acids is 1. The number of hydrogen-bond donors (Lipinski definition) is 2. The Morgan fingerprint density at radius 2 is 2.11 bits per heavy atom. The molecule has 2 rings (SSSR count). The van der Waals surface area contributed by atoms with Crippen LogP contribution in [0.4, 0.5) is 0 Å². The molecule has 2 saturated heterocycles. The van der Waals surface area contributed by atoms with Crippen LogP contribution in [-0.2, 0) is 9.53 Å². The van der Waals surface area contributed by atoms with Crippen LogP contribution in [0.1, 0.15) is 58.8 Å². The molecule has 19 heavy (non-hydrogen) atoms. The summed E-state index contributed by atoms with van der Waals surface area (Å²) in [5.41, 5.74) is -0.0177. The van der Waals surface area contributed by atoms with E-state index in [1.807, 2.05) is 0 Å². The standard InChI is InChI=1S/C15H28N2O2/c1-3-15(4-2)11-12(8-10-19-15)17-14(18)13-7-5-6-9-16-13/h12-13,16H,3-11H2,1-2H3,(H,17,18)/t12?,13-/m1/s1. The lowest BCUT2D eigenvalue weighted by Crippen LogP contribution is -2.53. The normalized spacial score (nSPS) is 30.8. The maximum absolute atomic E-state index is 12.2. The molecule has 0 aromatic carbocycles. The fourth-order valence-electron chi connectivity index (χ4n) is 3.27. The molecule has 0 aliphatic carbocycles. The van der Waals surface area contributed by atoms with Crippen molar-refractivity contribution in [2.24, 2.45) is 0 Å². The third kappa shape index (κ3) is 3.69. The summed E-state index contributed by atoms with van der Waals surface area (Å²) in [6, 6.07) is 0.305. The Balaban J connectivity index is 1.86. The maximum Gasteiger partial charge on any atom is 0.237 e. The second kappa shape index (κ2) is 6.71. The van der Waals surface area contributed by atoms with Gasteiger partial charge in [0.15, 0.2) is 0 Å².